The second kappa shape index (κ2) is 9.69. The lowest BCUT2D eigenvalue weighted by atomic mass is 10.3. The summed E-state index contributed by atoms with van der Waals surface area (Å²) in [6.45, 7) is 5.62. The molecule has 1 atom stereocenters. The van der Waals surface area contributed by atoms with Gasteiger partial charge in [0.2, 0.25) is 0 Å². The fourth-order valence-electron chi connectivity index (χ4n) is 2.09. The van der Waals surface area contributed by atoms with Crippen molar-refractivity contribution in [2.24, 2.45) is 0 Å². The molecule has 1 unspecified atom stereocenters. The zero-order valence-corrected chi connectivity index (χ0v) is 12.7. The molecule has 5 nitrogen and oxygen atoms in total. The van der Waals surface area contributed by atoms with E-state index in [-0.39, 0.29) is 17.6 Å². The number of ether oxygens (including phenoxy) is 2. The van der Waals surface area contributed by atoms with E-state index >= 15 is 0 Å². The molecule has 0 amide bonds. The van der Waals surface area contributed by atoms with Crippen molar-refractivity contribution < 1.29 is 17.9 Å². The lowest BCUT2D eigenvalue weighted by Crippen LogP contribution is -2.29. The van der Waals surface area contributed by atoms with Crippen LogP contribution in [0.25, 0.3) is 0 Å². The molecule has 1 saturated heterocycles. The van der Waals surface area contributed by atoms with Crippen LogP contribution in [-0.2, 0) is 19.3 Å². The first-order valence-electron chi connectivity index (χ1n) is 7.24. The second-order valence-electron chi connectivity index (χ2n) is 4.90. The third kappa shape index (κ3) is 8.57. The van der Waals surface area contributed by atoms with Crippen LogP contribution < -0.4 is 5.32 Å². The Kier molecular flexibility index (Phi) is 8.61. The molecule has 0 aromatic carbocycles. The first-order chi connectivity index (χ1) is 9.14. The van der Waals surface area contributed by atoms with Crippen molar-refractivity contribution in [1.29, 1.82) is 0 Å². The monoisotopic (exact) mass is 293 g/mol. The van der Waals surface area contributed by atoms with Crippen molar-refractivity contribution >= 4 is 9.84 Å². The highest BCUT2D eigenvalue weighted by Gasteiger charge is 2.22. The summed E-state index contributed by atoms with van der Waals surface area (Å²) in [4.78, 5) is 0. The molecule has 0 bridgehead atoms. The molecule has 0 saturated carbocycles. The normalized spacial score (nSPS) is 19.9. The van der Waals surface area contributed by atoms with Crippen LogP contribution in [0.15, 0.2) is 0 Å². The quantitative estimate of drug-likeness (QED) is 0.575. The van der Waals surface area contributed by atoms with Gasteiger partial charge in [0.05, 0.1) is 17.6 Å². The van der Waals surface area contributed by atoms with E-state index in [0.29, 0.717) is 13.2 Å². The molecule has 1 N–H and O–H groups in total. The van der Waals surface area contributed by atoms with Gasteiger partial charge in [-0.2, -0.15) is 0 Å². The maximum absolute atomic E-state index is 11.8. The van der Waals surface area contributed by atoms with E-state index in [2.05, 4.69) is 5.32 Å². The van der Waals surface area contributed by atoms with Gasteiger partial charge < -0.3 is 14.8 Å². The molecular weight excluding hydrogens is 266 g/mol. The van der Waals surface area contributed by atoms with Gasteiger partial charge in [0.1, 0.15) is 0 Å². The van der Waals surface area contributed by atoms with Crippen LogP contribution in [-0.4, -0.2) is 58.9 Å². The summed E-state index contributed by atoms with van der Waals surface area (Å²) in [5.74, 6) is 0.386. The Morgan fingerprint density at radius 3 is 2.84 bits per heavy atom. The number of hydrogen-bond donors (Lipinski definition) is 1. The third-order valence-electron chi connectivity index (χ3n) is 3.15. The molecule has 0 aromatic heterocycles. The number of unbranched alkanes of at least 4 members (excludes halogenated alkanes) is 1. The predicted molar refractivity (Wildman–Crippen MR) is 76.2 cm³/mol. The summed E-state index contributed by atoms with van der Waals surface area (Å²) >= 11 is 0. The Hall–Kier alpha value is -0.170. The fourth-order valence-corrected chi connectivity index (χ4v) is 3.54. The summed E-state index contributed by atoms with van der Waals surface area (Å²) in [5, 5.41) is 3.17. The SMILES string of the molecule is CCOCCCCNCCS(=O)(=O)CC1CCCO1. The Morgan fingerprint density at radius 2 is 2.16 bits per heavy atom. The molecule has 0 spiro atoms. The van der Waals surface area contributed by atoms with Gasteiger partial charge in [0, 0.05) is 26.4 Å². The van der Waals surface area contributed by atoms with Crippen molar-refractivity contribution in [3.63, 3.8) is 0 Å². The summed E-state index contributed by atoms with van der Waals surface area (Å²) in [5.41, 5.74) is 0. The average Bonchev–Trinajstić information content (AvgIpc) is 2.84. The van der Waals surface area contributed by atoms with Gasteiger partial charge in [0.25, 0.3) is 0 Å². The minimum Gasteiger partial charge on any atom is -0.382 e. The standard InChI is InChI=1S/C13H27NO4S/c1-2-17-9-4-3-7-14-8-11-19(15,16)12-13-6-5-10-18-13/h13-14H,2-12H2,1H3. The second-order valence-corrected chi connectivity index (χ2v) is 7.13. The van der Waals surface area contributed by atoms with E-state index < -0.39 is 9.84 Å². The molecule has 1 aliphatic rings. The molecule has 0 radical (unpaired) electrons. The average molecular weight is 293 g/mol. The predicted octanol–water partition coefficient (Wildman–Crippen LogP) is 0.987. The van der Waals surface area contributed by atoms with Crippen molar-refractivity contribution in [1.82, 2.24) is 5.32 Å². The van der Waals surface area contributed by atoms with Crippen molar-refractivity contribution in [2.75, 3.05) is 44.4 Å². The van der Waals surface area contributed by atoms with Crippen LogP contribution in [0.2, 0.25) is 0 Å². The Morgan fingerprint density at radius 1 is 1.32 bits per heavy atom. The van der Waals surface area contributed by atoms with Gasteiger partial charge >= 0.3 is 0 Å². The number of rotatable bonds is 11. The van der Waals surface area contributed by atoms with Gasteiger partial charge in [-0.15, -0.1) is 0 Å². The first kappa shape index (κ1) is 16.9. The maximum Gasteiger partial charge on any atom is 0.154 e. The lowest BCUT2D eigenvalue weighted by molar-refractivity contribution is 0.127. The highest BCUT2D eigenvalue weighted by atomic mass is 32.2. The molecule has 19 heavy (non-hydrogen) atoms. The molecular formula is C13H27NO4S. The fraction of sp³-hybridized carbons (Fsp3) is 1.00. The summed E-state index contributed by atoms with van der Waals surface area (Å²) in [7, 11) is -2.98. The molecule has 1 aliphatic heterocycles. The zero-order valence-electron chi connectivity index (χ0n) is 11.9. The minimum atomic E-state index is -2.98. The van der Waals surface area contributed by atoms with E-state index in [1.165, 1.54) is 0 Å². The topological polar surface area (TPSA) is 64.6 Å². The molecule has 0 aliphatic carbocycles. The van der Waals surface area contributed by atoms with Crippen LogP contribution in [0, 0.1) is 0 Å². The van der Waals surface area contributed by atoms with E-state index in [0.717, 1.165) is 45.4 Å². The Balaban J connectivity index is 1.98. The number of hydrogen-bond acceptors (Lipinski definition) is 5. The molecule has 1 heterocycles. The van der Waals surface area contributed by atoms with Gasteiger partial charge in [0.15, 0.2) is 9.84 Å². The maximum atomic E-state index is 11.8. The van der Waals surface area contributed by atoms with Gasteiger partial charge in [-0.05, 0) is 39.2 Å². The van der Waals surface area contributed by atoms with E-state index in [9.17, 15) is 8.42 Å². The van der Waals surface area contributed by atoms with Crippen LogP contribution >= 0.6 is 0 Å². The highest BCUT2D eigenvalue weighted by molar-refractivity contribution is 7.91. The zero-order chi connectivity index (χ0) is 14.0. The lowest BCUT2D eigenvalue weighted by Gasteiger charge is -2.10. The Bertz CT molecular complexity index is 313. The van der Waals surface area contributed by atoms with Crippen molar-refractivity contribution in [3.8, 4) is 0 Å². The van der Waals surface area contributed by atoms with Crippen LogP contribution in [0.1, 0.15) is 32.6 Å². The largest absolute Gasteiger partial charge is 0.382 e. The van der Waals surface area contributed by atoms with E-state index in [1.807, 2.05) is 6.92 Å². The van der Waals surface area contributed by atoms with Gasteiger partial charge in [-0.3, -0.25) is 0 Å². The third-order valence-corrected chi connectivity index (χ3v) is 4.86. The van der Waals surface area contributed by atoms with E-state index in [4.69, 9.17) is 9.47 Å². The van der Waals surface area contributed by atoms with E-state index in [1.54, 1.807) is 0 Å². The van der Waals surface area contributed by atoms with Crippen LogP contribution in [0.4, 0.5) is 0 Å². The molecule has 0 aromatic rings. The number of sulfone groups is 1. The summed E-state index contributed by atoms with van der Waals surface area (Å²) in [6.07, 6.45) is 3.83. The minimum absolute atomic E-state index is 0.0730. The summed E-state index contributed by atoms with van der Waals surface area (Å²) in [6, 6.07) is 0. The smallest absolute Gasteiger partial charge is 0.154 e. The molecule has 6 heteroatoms. The van der Waals surface area contributed by atoms with Gasteiger partial charge in [-0.25, -0.2) is 8.42 Å². The highest BCUT2D eigenvalue weighted by Crippen LogP contribution is 2.14. The van der Waals surface area contributed by atoms with Crippen LogP contribution in [0.5, 0.6) is 0 Å². The first-order valence-corrected chi connectivity index (χ1v) is 9.06. The van der Waals surface area contributed by atoms with Crippen LogP contribution in [0.3, 0.4) is 0 Å². The van der Waals surface area contributed by atoms with Crippen molar-refractivity contribution in [3.05, 3.63) is 0 Å². The summed E-state index contributed by atoms with van der Waals surface area (Å²) < 4.78 is 34.2. The van der Waals surface area contributed by atoms with Crippen molar-refractivity contribution in [2.45, 2.75) is 38.7 Å². The molecule has 1 fully saturated rings. The molecule has 1 rings (SSSR count). The van der Waals surface area contributed by atoms with Gasteiger partial charge in [-0.1, -0.05) is 0 Å². The number of nitrogens with one attached hydrogen (secondary N) is 1. The Labute approximate surface area is 117 Å². The molecule has 114 valence electrons.